The summed E-state index contributed by atoms with van der Waals surface area (Å²) in [6.07, 6.45) is 3.88. The van der Waals surface area contributed by atoms with Gasteiger partial charge in [-0.25, -0.2) is 0 Å². The van der Waals surface area contributed by atoms with Crippen LogP contribution in [0.3, 0.4) is 0 Å². The molecule has 0 bridgehead atoms. The van der Waals surface area contributed by atoms with Gasteiger partial charge in [-0.2, -0.15) is 5.26 Å². The fourth-order valence-electron chi connectivity index (χ4n) is 2.19. The lowest BCUT2D eigenvalue weighted by atomic mass is 10.0. The average Bonchev–Trinajstić information content (AvgIpc) is 2.74. The molecule has 0 spiro atoms. The van der Waals surface area contributed by atoms with Gasteiger partial charge in [0.05, 0.1) is 16.2 Å². The molecule has 1 aliphatic carbocycles. The van der Waals surface area contributed by atoms with E-state index in [0.717, 1.165) is 31.4 Å². The molecule has 2 rings (SSSR count). The normalized spacial score (nSPS) is 17.7. The Morgan fingerprint density at radius 2 is 2.12 bits per heavy atom. The molecule has 1 saturated carbocycles. The maximum absolute atomic E-state index is 10.2. The number of nitrogens with one attached hydrogen (secondary N) is 1. The summed E-state index contributed by atoms with van der Waals surface area (Å²) in [6, 6.07) is 7.23. The van der Waals surface area contributed by atoms with Crippen molar-refractivity contribution in [3.05, 3.63) is 28.8 Å². The highest BCUT2D eigenvalue weighted by atomic mass is 35.5. The van der Waals surface area contributed by atoms with E-state index in [1.807, 2.05) is 12.1 Å². The summed E-state index contributed by atoms with van der Waals surface area (Å²) in [4.78, 5) is 0. The maximum atomic E-state index is 10.2. The molecule has 90 valence electrons. The van der Waals surface area contributed by atoms with E-state index in [1.54, 1.807) is 12.1 Å². The van der Waals surface area contributed by atoms with E-state index in [4.69, 9.17) is 16.9 Å². The summed E-state index contributed by atoms with van der Waals surface area (Å²) in [7, 11) is 0. The Bertz CT molecular complexity index is 447. The summed E-state index contributed by atoms with van der Waals surface area (Å²) in [6.45, 7) is 0.537. The number of anilines is 1. The molecule has 2 N–H and O–H groups in total. The van der Waals surface area contributed by atoms with Gasteiger partial charge in [0.2, 0.25) is 0 Å². The van der Waals surface area contributed by atoms with E-state index in [2.05, 4.69) is 5.32 Å². The van der Waals surface area contributed by atoms with Crippen molar-refractivity contribution in [2.45, 2.75) is 31.3 Å². The zero-order chi connectivity index (χ0) is 12.3. The van der Waals surface area contributed by atoms with E-state index in [0.29, 0.717) is 17.1 Å². The van der Waals surface area contributed by atoms with Crippen LogP contribution in [-0.4, -0.2) is 17.3 Å². The number of aliphatic hydroxyl groups is 1. The van der Waals surface area contributed by atoms with E-state index in [9.17, 15) is 5.11 Å². The molecule has 0 saturated heterocycles. The first kappa shape index (κ1) is 12.2. The molecule has 0 heterocycles. The number of hydrogen-bond acceptors (Lipinski definition) is 3. The van der Waals surface area contributed by atoms with Crippen molar-refractivity contribution in [3.8, 4) is 6.07 Å². The van der Waals surface area contributed by atoms with E-state index in [1.165, 1.54) is 0 Å². The van der Waals surface area contributed by atoms with Crippen molar-refractivity contribution in [1.29, 1.82) is 5.26 Å². The molecule has 0 radical (unpaired) electrons. The number of benzene rings is 1. The fraction of sp³-hybridized carbons (Fsp3) is 0.462. The highest BCUT2D eigenvalue weighted by molar-refractivity contribution is 6.32. The summed E-state index contributed by atoms with van der Waals surface area (Å²) < 4.78 is 0. The fourth-order valence-corrected chi connectivity index (χ4v) is 2.42. The lowest BCUT2D eigenvalue weighted by Crippen LogP contribution is -2.33. The lowest BCUT2D eigenvalue weighted by molar-refractivity contribution is 0.0615. The molecule has 0 atom stereocenters. The summed E-state index contributed by atoms with van der Waals surface area (Å²) in [5, 5.41) is 22.5. The van der Waals surface area contributed by atoms with Gasteiger partial charge in [0.25, 0.3) is 0 Å². The maximum Gasteiger partial charge on any atom is 0.101 e. The van der Waals surface area contributed by atoms with Crippen LogP contribution in [0.5, 0.6) is 0 Å². The predicted octanol–water partition coefficient (Wildman–Crippen LogP) is 2.93. The van der Waals surface area contributed by atoms with E-state index >= 15 is 0 Å². The molecule has 1 aromatic carbocycles. The van der Waals surface area contributed by atoms with Crippen molar-refractivity contribution in [3.63, 3.8) is 0 Å². The van der Waals surface area contributed by atoms with E-state index < -0.39 is 5.60 Å². The van der Waals surface area contributed by atoms with Crippen LogP contribution in [0.1, 0.15) is 31.2 Å². The molecule has 1 aromatic rings. The molecule has 0 aromatic heterocycles. The van der Waals surface area contributed by atoms with Crippen molar-refractivity contribution < 1.29 is 5.11 Å². The van der Waals surface area contributed by atoms with Gasteiger partial charge in [-0.05, 0) is 31.0 Å². The van der Waals surface area contributed by atoms with Crippen LogP contribution in [0, 0.1) is 11.3 Å². The molecule has 0 amide bonds. The Kier molecular flexibility index (Phi) is 3.56. The molecule has 0 unspecified atom stereocenters. The lowest BCUT2D eigenvalue weighted by Gasteiger charge is -2.23. The summed E-state index contributed by atoms with van der Waals surface area (Å²) in [5.41, 5.74) is 0.728. The van der Waals surface area contributed by atoms with Crippen molar-refractivity contribution >= 4 is 17.3 Å². The van der Waals surface area contributed by atoms with Gasteiger partial charge < -0.3 is 10.4 Å². The Morgan fingerprint density at radius 3 is 2.71 bits per heavy atom. The average molecular weight is 251 g/mol. The molecular formula is C13H15ClN2O. The molecular weight excluding hydrogens is 236 g/mol. The standard InChI is InChI=1S/C13H15ClN2O/c14-12-7-11(4-3-10(12)8-15)16-9-13(17)5-1-2-6-13/h3-4,7,16-17H,1-2,5-6,9H2. The number of hydrogen-bond donors (Lipinski definition) is 2. The van der Waals surface area contributed by atoms with Crippen LogP contribution in [0.4, 0.5) is 5.69 Å². The minimum atomic E-state index is -0.583. The second-order valence-corrected chi connectivity index (χ2v) is 5.00. The first-order valence-electron chi connectivity index (χ1n) is 5.79. The molecule has 0 aliphatic heterocycles. The van der Waals surface area contributed by atoms with Gasteiger partial charge in [0.15, 0.2) is 0 Å². The third kappa shape index (κ3) is 2.91. The molecule has 1 fully saturated rings. The highest BCUT2D eigenvalue weighted by Crippen LogP contribution is 2.30. The monoisotopic (exact) mass is 250 g/mol. The van der Waals surface area contributed by atoms with E-state index in [-0.39, 0.29) is 0 Å². The second kappa shape index (κ2) is 4.95. The van der Waals surface area contributed by atoms with Crippen molar-refractivity contribution in [1.82, 2.24) is 0 Å². The van der Waals surface area contributed by atoms with Crippen LogP contribution >= 0.6 is 11.6 Å². The Morgan fingerprint density at radius 1 is 1.41 bits per heavy atom. The van der Waals surface area contributed by atoms with Gasteiger partial charge in [0, 0.05) is 12.2 Å². The quantitative estimate of drug-likeness (QED) is 0.867. The SMILES string of the molecule is N#Cc1ccc(NCC2(O)CCCC2)cc1Cl. The van der Waals surface area contributed by atoms with Crippen LogP contribution in [0.25, 0.3) is 0 Å². The summed E-state index contributed by atoms with van der Waals surface area (Å²) in [5.74, 6) is 0. The predicted molar refractivity (Wildman–Crippen MR) is 68.1 cm³/mol. The first-order chi connectivity index (χ1) is 8.13. The smallest absolute Gasteiger partial charge is 0.101 e. The minimum Gasteiger partial charge on any atom is -0.388 e. The molecule has 1 aliphatic rings. The molecule has 4 heteroatoms. The zero-order valence-corrected chi connectivity index (χ0v) is 10.3. The number of halogens is 1. The topological polar surface area (TPSA) is 56.0 Å². The Balaban J connectivity index is 2.00. The van der Waals surface area contributed by atoms with Gasteiger partial charge in [-0.1, -0.05) is 24.4 Å². The number of nitriles is 1. The number of nitrogens with zero attached hydrogens (tertiary/aromatic N) is 1. The van der Waals surface area contributed by atoms with Gasteiger partial charge in [-0.3, -0.25) is 0 Å². The van der Waals surface area contributed by atoms with Crippen LogP contribution in [0.15, 0.2) is 18.2 Å². The van der Waals surface area contributed by atoms with Crippen LogP contribution < -0.4 is 5.32 Å². The third-order valence-electron chi connectivity index (χ3n) is 3.25. The molecule has 3 nitrogen and oxygen atoms in total. The van der Waals surface area contributed by atoms with Crippen molar-refractivity contribution in [2.75, 3.05) is 11.9 Å². The highest BCUT2D eigenvalue weighted by Gasteiger charge is 2.30. The largest absolute Gasteiger partial charge is 0.388 e. The molecule has 17 heavy (non-hydrogen) atoms. The number of rotatable bonds is 3. The van der Waals surface area contributed by atoms with Gasteiger partial charge in [-0.15, -0.1) is 0 Å². The zero-order valence-electron chi connectivity index (χ0n) is 9.54. The van der Waals surface area contributed by atoms with Crippen LogP contribution in [0.2, 0.25) is 5.02 Å². The second-order valence-electron chi connectivity index (χ2n) is 4.59. The van der Waals surface area contributed by atoms with Crippen LogP contribution in [-0.2, 0) is 0 Å². The Hall–Kier alpha value is -1.24. The first-order valence-corrected chi connectivity index (χ1v) is 6.17. The minimum absolute atomic E-state index is 0.441. The van der Waals surface area contributed by atoms with Crippen molar-refractivity contribution in [2.24, 2.45) is 0 Å². The summed E-state index contributed by atoms with van der Waals surface area (Å²) >= 11 is 5.93. The van der Waals surface area contributed by atoms with Gasteiger partial charge in [0.1, 0.15) is 6.07 Å². The van der Waals surface area contributed by atoms with Gasteiger partial charge >= 0.3 is 0 Å². The Labute approximate surface area is 106 Å². The third-order valence-corrected chi connectivity index (χ3v) is 3.56.